The predicted octanol–water partition coefficient (Wildman–Crippen LogP) is 5.58. The number of anilines is 2. The van der Waals surface area contributed by atoms with Gasteiger partial charge in [-0.25, -0.2) is 14.5 Å². The Morgan fingerprint density at radius 2 is 1.66 bits per heavy atom. The van der Waals surface area contributed by atoms with Crippen LogP contribution in [-0.2, 0) is 23.6 Å². The second kappa shape index (κ2) is 13.8. The van der Waals surface area contributed by atoms with Crippen molar-refractivity contribution in [1.29, 1.82) is 0 Å². The summed E-state index contributed by atoms with van der Waals surface area (Å²) >= 11 is 0. The van der Waals surface area contributed by atoms with Crippen LogP contribution in [-0.4, -0.2) is 33.0 Å². The highest BCUT2D eigenvalue weighted by molar-refractivity contribution is 5.86. The van der Waals surface area contributed by atoms with Crippen molar-refractivity contribution >= 4 is 22.3 Å². The smallest absolute Gasteiger partial charge is 0.397 e. The van der Waals surface area contributed by atoms with Gasteiger partial charge in [0.05, 0.1) is 35.1 Å². The minimum absolute atomic E-state index is 0.0826. The van der Waals surface area contributed by atoms with Crippen LogP contribution in [0.2, 0.25) is 0 Å². The molecule has 238 valence electrons. The first-order chi connectivity index (χ1) is 20.5. The van der Waals surface area contributed by atoms with Crippen LogP contribution in [0, 0.1) is 5.82 Å². The molecule has 0 saturated heterocycles. The van der Waals surface area contributed by atoms with Crippen molar-refractivity contribution in [2.45, 2.75) is 44.8 Å². The first-order valence-corrected chi connectivity index (χ1v) is 12.5. The second-order valence-corrected chi connectivity index (χ2v) is 9.08. The molecule has 9 nitrogen and oxygen atoms in total. The van der Waals surface area contributed by atoms with Crippen molar-refractivity contribution in [3.8, 4) is 11.3 Å². The number of rotatable bonds is 8. The maximum atomic E-state index is 14.7. The van der Waals surface area contributed by atoms with Crippen molar-refractivity contribution in [2.24, 2.45) is 0 Å². The molecule has 0 spiro atoms. The van der Waals surface area contributed by atoms with Crippen LogP contribution in [0.1, 0.15) is 30.4 Å². The number of hydrogen-bond acceptors (Lipinski definition) is 7. The molecule has 3 aromatic heterocycles. The predicted molar refractivity (Wildman–Crippen MR) is 141 cm³/mol. The van der Waals surface area contributed by atoms with Crippen molar-refractivity contribution in [2.75, 3.05) is 18.1 Å². The topological polar surface area (TPSA) is 142 Å². The zero-order chi connectivity index (χ0) is 32.8. The maximum absolute atomic E-state index is 14.7. The Morgan fingerprint density at radius 1 is 0.955 bits per heavy atom. The third-order valence-corrected chi connectivity index (χ3v) is 6.03. The van der Waals surface area contributed by atoms with Gasteiger partial charge in [-0.05, 0) is 55.0 Å². The Morgan fingerprint density at radius 3 is 2.23 bits per heavy atom. The second-order valence-electron chi connectivity index (χ2n) is 9.08. The van der Waals surface area contributed by atoms with E-state index < -0.39 is 58.5 Å². The van der Waals surface area contributed by atoms with Crippen molar-refractivity contribution < 1.29 is 44.3 Å². The number of benzene rings is 1. The lowest BCUT2D eigenvalue weighted by Gasteiger charge is -2.12. The zero-order valence-electron chi connectivity index (χ0n) is 22.3. The molecule has 0 saturated carbocycles. The molecule has 1 aromatic carbocycles. The molecule has 0 amide bonds. The van der Waals surface area contributed by atoms with Crippen LogP contribution in [0.25, 0.3) is 22.0 Å². The van der Waals surface area contributed by atoms with Gasteiger partial charge in [0.15, 0.2) is 0 Å². The van der Waals surface area contributed by atoms with E-state index in [0.717, 1.165) is 24.4 Å². The summed E-state index contributed by atoms with van der Waals surface area (Å²) < 4.78 is 119. The molecule has 0 fully saturated rings. The lowest BCUT2D eigenvalue weighted by atomic mass is 10.0. The Bertz CT molecular complexity index is 1720. The molecular weight excluding hydrogens is 615 g/mol. The number of nitrogen functional groups attached to an aromatic ring is 2. The van der Waals surface area contributed by atoms with Gasteiger partial charge in [-0.3, -0.25) is 9.59 Å². The van der Waals surface area contributed by atoms with Gasteiger partial charge in [0.25, 0.3) is 11.1 Å². The molecular formula is C26H23F9N6O3. The fourth-order valence-corrected chi connectivity index (χ4v) is 3.98. The minimum Gasteiger partial charge on any atom is -0.397 e. The number of pyridine rings is 2. The number of halogens is 9. The highest BCUT2D eigenvalue weighted by Gasteiger charge is 2.36. The van der Waals surface area contributed by atoms with Gasteiger partial charge in [0.1, 0.15) is 17.2 Å². The molecule has 0 aliphatic rings. The number of nitrogens with zero attached hydrogens (tertiary/aromatic N) is 3. The third-order valence-electron chi connectivity index (χ3n) is 6.03. The SMILES string of the molecule is Nc1cn[nH]c(=O)c1C(F)(F)F.Nc1nc(-c2cc3ccn(CCCCCOC(F)F)c(=O)c3cc2F)ccc1C(F)(F)F. The Kier molecular flexibility index (Phi) is 10.6. The number of ether oxygens (including phenoxy) is 1. The third kappa shape index (κ3) is 8.48. The van der Waals surface area contributed by atoms with E-state index in [1.165, 1.54) is 16.8 Å². The van der Waals surface area contributed by atoms with E-state index in [9.17, 15) is 49.1 Å². The maximum Gasteiger partial charge on any atom is 0.423 e. The van der Waals surface area contributed by atoms with E-state index in [0.29, 0.717) is 31.2 Å². The fourth-order valence-electron chi connectivity index (χ4n) is 3.98. The molecule has 0 unspecified atom stereocenters. The van der Waals surface area contributed by atoms with E-state index >= 15 is 0 Å². The van der Waals surface area contributed by atoms with Crippen LogP contribution >= 0.6 is 0 Å². The van der Waals surface area contributed by atoms with Gasteiger partial charge in [0, 0.05) is 18.3 Å². The van der Waals surface area contributed by atoms with E-state index in [2.05, 4.69) is 14.8 Å². The normalized spacial score (nSPS) is 12.0. The number of aromatic nitrogens is 4. The minimum atomic E-state index is -4.74. The average molecular weight is 638 g/mol. The van der Waals surface area contributed by atoms with Crippen LogP contribution in [0.3, 0.4) is 0 Å². The summed E-state index contributed by atoms with van der Waals surface area (Å²) in [6.07, 6.45) is -5.66. The monoisotopic (exact) mass is 638 g/mol. The summed E-state index contributed by atoms with van der Waals surface area (Å²) in [6.45, 7) is -2.59. The molecule has 3 heterocycles. The summed E-state index contributed by atoms with van der Waals surface area (Å²) in [5.74, 6) is -1.60. The summed E-state index contributed by atoms with van der Waals surface area (Å²) in [5.41, 5.74) is 5.14. The zero-order valence-corrected chi connectivity index (χ0v) is 22.3. The summed E-state index contributed by atoms with van der Waals surface area (Å²) in [6, 6.07) is 5.66. The van der Waals surface area contributed by atoms with Gasteiger partial charge >= 0.3 is 19.0 Å². The quantitative estimate of drug-likeness (QED) is 0.169. The van der Waals surface area contributed by atoms with E-state index in [1.807, 2.05) is 0 Å². The largest absolute Gasteiger partial charge is 0.423 e. The van der Waals surface area contributed by atoms with Crippen LogP contribution < -0.4 is 22.6 Å². The highest BCUT2D eigenvalue weighted by Crippen LogP contribution is 2.35. The Balaban J connectivity index is 0.000000369. The number of hydrogen-bond donors (Lipinski definition) is 3. The highest BCUT2D eigenvalue weighted by atomic mass is 19.4. The molecule has 0 bridgehead atoms. The fraction of sp³-hybridized carbons (Fsp3) is 0.308. The number of aryl methyl sites for hydroxylation is 1. The molecule has 4 aromatic rings. The Labute approximate surface area is 241 Å². The van der Waals surface area contributed by atoms with Crippen LogP contribution in [0.5, 0.6) is 0 Å². The van der Waals surface area contributed by atoms with Crippen LogP contribution in [0.15, 0.2) is 52.3 Å². The molecule has 0 atom stereocenters. The van der Waals surface area contributed by atoms with Gasteiger partial charge in [0.2, 0.25) is 0 Å². The molecule has 4 rings (SSSR count). The summed E-state index contributed by atoms with van der Waals surface area (Å²) in [4.78, 5) is 26.9. The lowest BCUT2D eigenvalue weighted by molar-refractivity contribution is -0.138. The summed E-state index contributed by atoms with van der Waals surface area (Å²) in [7, 11) is 0. The van der Waals surface area contributed by atoms with Crippen molar-refractivity contribution in [1.82, 2.24) is 19.7 Å². The molecule has 0 aliphatic carbocycles. The first-order valence-electron chi connectivity index (χ1n) is 12.5. The number of aromatic amines is 1. The van der Waals surface area contributed by atoms with Gasteiger partial charge < -0.3 is 20.8 Å². The molecule has 5 N–H and O–H groups in total. The molecule has 0 aliphatic heterocycles. The Hall–Kier alpha value is -4.61. The van der Waals surface area contributed by atoms with Gasteiger partial charge in [-0.1, -0.05) is 0 Å². The standard InChI is InChI=1S/C21H19F6N3O2.C5H4F3N3O/c22-16-11-13-12(6-8-30(19(13)31)7-2-1-3-9-32-20(23)24)10-14(16)17-5-4-15(18(28)29-17)21(25,26)27;6-5(7,8)3-2(9)1-10-11-4(3)12/h4-6,8,10-11,20H,1-3,7,9H2,(H2,28,29);1H,(H3,9,11,12). The lowest BCUT2D eigenvalue weighted by Crippen LogP contribution is -2.24. The van der Waals surface area contributed by atoms with E-state index in [-0.39, 0.29) is 23.3 Å². The van der Waals surface area contributed by atoms with Crippen molar-refractivity contribution in [3.05, 3.63) is 80.4 Å². The van der Waals surface area contributed by atoms with Crippen molar-refractivity contribution in [3.63, 3.8) is 0 Å². The molecule has 0 radical (unpaired) electrons. The van der Waals surface area contributed by atoms with Gasteiger partial charge in [-0.15, -0.1) is 0 Å². The first kappa shape index (κ1) is 33.9. The van der Waals surface area contributed by atoms with E-state index in [1.54, 1.807) is 11.2 Å². The number of fused-ring (bicyclic) bond motifs is 1. The number of unbranched alkanes of at least 4 members (excludes halogenated alkanes) is 2. The average Bonchev–Trinajstić information content (AvgIpc) is 2.90. The van der Waals surface area contributed by atoms with Crippen LogP contribution in [0.4, 0.5) is 51.0 Å². The number of H-pyrrole nitrogens is 1. The van der Waals surface area contributed by atoms with Gasteiger partial charge in [-0.2, -0.15) is 40.2 Å². The summed E-state index contributed by atoms with van der Waals surface area (Å²) in [5, 5.41) is 5.21. The molecule has 44 heavy (non-hydrogen) atoms. The number of alkyl halides is 8. The van der Waals surface area contributed by atoms with E-state index in [4.69, 9.17) is 11.5 Å². The number of nitrogens with two attached hydrogens (primary N) is 2. The number of nitrogens with one attached hydrogen (secondary N) is 1. The molecule has 18 heteroatoms.